The van der Waals surface area contributed by atoms with E-state index in [1.807, 2.05) is 18.2 Å². The van der Waals surface area contributed by atoms with Crippen LogP contribution in [0.2, 0.25) is 0 Å². The van der Waals surface area contributed by atoms with Crippen LogP contribution in [0.4, 0.5) is 13.2 Å². The molecule has 2 aromatic carbocycles. The molecule has 0 radical (unpaired) electrons. The predicted molar refractivity (Wildman–Crippen MR) is 96.7 cm³/mol. The van der Waals surface area contributed by atoms with Crippen molar-refractivity contribution in [1.29, 1.82) is 5.41 Å². The maximum atomic E-state index is 12.2. The summed E-state index contributed by atoms with van der Waals surface area (Å²) < 4.78 is 41.7. The monoisotopic (exact) mass is 364 g/mol. The van der Waals surface area contributed by atoms with Crippen molar-refractivity contribution in [2.24, 2.45) is 5.73 Å². The summed E-state index contributed by atoms with van der Waals surface area (Å²) in [6.45, 7) is 2.66. The lowest BCUT2D eigenvalue weighted by Crippen LogP contribution is -2.11. The maximum Gasteiger partial charge on any atom is 0.416 e. The number of fused-ring (bicyclic) bond motifs is 1. The Balaban J connectivity index is 0.000000187. The SMILES string of the molecule is CCCCc1cccc(C(=N)N)c1.FC(F)(F)c1ccc2c(c1)CCO2. The average molecular weight is 364 g/mol. The highest BCUT2D eigenvalue weighted by Crippen LogP contribution is 2.34. The molecular formula is C20H23F3N2O. The van der Waals surface area contributed by atoms with E-state index in [4.69, 9.17) is 15.9 Å². The highest BCUT2D eigenvalue weighted by molar-refractivity contribution is 5.95. The molecule has 1 aliphatic heterocycles. The number of alkyl halides is 3. The van der Waals surface area contributed by atoms with Crippen molar-refractivity contribution in [2.75, 3.05) is 6.61 Å². The third-order valence-corrected chi connectivity index (χ3v) is 4.07. The lowest BCUT2D eigenvalue weighted by Gasteiger charge is -2.07. The van der Waals surface area contributed by atoms with Gasteiger partial charge in [0.25, 0.3) is 0 Å². The maximum absolute atomic E-state index is 12.2. The van der Waals surface area contributed by atoms with Crippen LogP contribution in [0.1, 0.15) is 42.0 Å². The van der Waals surface area contributed by atoms with E-state index in [0.717, 1.165) is 24.1 Å². The van der Waals surface area contributed by atoms with E-state index < -0.39 is 11.7 Å². The van der Waals surface area contributed by atoms with E-state index in [9.17, 15) is 13.2 Å². The third-order valence-electron chi connectivity index (χ3n) is 4.07. The molecule has 0 aliphatic carbocycles. The molecule has 6 heteroatoms. The van der Waals surface area contributed by atoms with Crippen molar-refractivity contribution in [3.8, 4) is 5.75 Å². The summed E-state index contributed by atoms with van der Waals surface area (Å²) in [6.07, 6.45) is -0.208. The molecule has 0 bridgehead atoms. The number of hydrogen-bond acceptors (Lipinski definition) is 2. The first-order valence-corrected chi connectivity index (χ1v) is 8.57. The van der Waals surface area contributed by atoms with Gasteiger partial charge in [0.1, 0.15) is 11.6 Å². The van der Waals surface area contributed by atoms with Gasteiger partial charge in [0, 0.05) is 12.0 Å². The molecule has 0 fully saturated rings. The summed E-state index contributed by atoms with van der Waals surface area (Å²) in [5.74, 6) is 0.728. The van der Waals surface area contributed by atoms with Gasteiger partial charge in [-0.3, -0.25) is 5.41 Å². The molecule has 2 aromatic rings. The van der Waals surface area contributed by atoms with Gasteiger partial charge in [-0.05, 0) is 48.2 Å². The molecule has 26 heavy (non-hydrogen) atoms. The Morgan fingerprint density at radius 1 is 1.19 bits per heavy atom. The molecule has 0 atom stereocenters. The second-order valence-electron chi connectivity index (χ2n) is 6.14. The summed E-state index contributed by atoms with van der Waals surface area (Å²) in [7, 11) is 0. The fourth-order valence-corrected chi connectivity index (χ4v) is 2.64. The number of nitrogens with two attached hydrogens (primary N) is 1. The molecule has 0 aromatic heterocycles. The van der Waals surface area contributed by atoms with E-state index in [1.165, 1.54) is 24.5 Å². The molecular weight excluding hydrogens is 341 g/mol. The van der Waals surface area contributed by atoms with Gasteiger partial charge in [-0.1, -0.05) is 31.5 Å². The van der Waals surface area contributed by atoms with Crippen LogP contribution in [0.25, 0.3) is 0 Å². The Morgan fingerprint density at radius 3 is 2.62 bits per heavy atom. The highest BCUT2D eigenvalue weighted by atomic mass is 19.4. The Bertz CT molecular complexity index is 757. The van der Waals surface area contributed by atoms with Crippen LogP contribution in [0.3, 0.4) is 0 Å². The molecule has 0 unspecified atom stereocenters. The quantitative estimate of drug-likeness (QED) is 0.595. The number of unbranched alkanes of at least 4 members (excludes halogenated alkanes) is 1. The zero-order valence-corrected chi connectivity index (χ0v) is 14.7. The van der Waals surface area contributed by atoms with Gasteiger partial charge in [-0.15, -0.1) is 0 Å². The molecule has 0 saturated carbocycles. The largest absolute Gasteiger partial charge is 0.493 e. The van der Waals surface area contributed by atoms with E-state index in [-0.39, 0.29) is 5.84 Å². The lowest BCUT2D eigenvalue weighted by molar-refractivity contribution is -0.137. The average Bonchev–Trinajstić information content (AvgIpc) is 3.08. The van der Waals surface area contributed by atoms with E-state index in [1.54, 1.807) is 0 Å². The molecule has 1 aliphatic rings. The lowest BCUT2D eigenvalue weighted by atomic mass is 10.1. The Labute approximate surface area is 151 Å². The molecule has 3 rings (SSSR count). The zero-order chi connectivity index (χ0) is 19.2. The molecule has 140 valence electrons. The predicted octanol–water partition coefficient (Wildman–Crippen LogP) is 4.95. The Morgan fingerprint density at radius 2 is 1.96 bits per heavy atom. The summed E-state index contributed by atoms with van der Waals surface area (Å²) in [5, 5.41) is 7.29. The van der Waals surface area contributed by atoms with Crippen LogP contribution in [0, 0.1) is 5.41 Å². The smallest absolute Gasteiger partial charge is 0.416 e. The third kappa shape index (κ3) is 5.51. The van der Waals surface area contributed by atoms with Gasteiger partial charge in [0.15, 0.2) is 0 Å². The van der Waals surface area contributed by atoms with Crippen LogP contribution in [0.15, 0.2) is 42.5 Å². The number of nitrogens with one attached hydrogen (secondary N) is 1. The van der Waals surface area contributed by atoms with Gasteiger partial charge in [-0.25, -0.2) is 0 Å². The van der Waals surface area contributed by atoms with Gasteiger partial charge >= 0.3 is 6.18 Å². The van der Waals surface area contributed by atoms with Crippen LogP contribution in [-0.4, -0.2) is 12.4 Å². The second kappa shape index (κ2) is 8.74. The fourth-order valence-electron chi connectivity index (χ4n) is 2.64. The molecule has 3 N–H and O–H groups in total. The van der Waals surface area contributed by atoms with Crippen molar-refractivity contribution in [3.05, 3.63) is 64.7 Å². The molecule has 3 nitrogen and oxygen atoms in total. The van der Waals surface area contributed by atoms with Crippen LogP contribution in [-0.2, 0) is 19.0 Å². The van der Waals surface area contributed by atoms with Crippen LogP contribution < -0.4 is 10.5 Å². The molecule has 0 saturated heterocycles. The number of amidine groups is 1. The number of benzene rings is 2. The van der Waals surface area contributed by atoms with E-state index >= 15 is 0 Å². The first kappa shape index (κ1) is 19.8. The highest BCUT2D eigenvalue weighted by Gasteiger charge is 2.31. The normalized spacial score (nSPS) is 12.6. The summed E-state index contributed by atoms with van der Waals surface area (Å²) in [5.41, 5.74) is 7.54. The first-order chi connectivity index (χ1) is 12.3. The van der Waals surface area contributed by atoms with Gasteiger partial charge < -0.3 is 10.5 Å². The van der Waals surface area contributed by atoms with E-state index in [2.05, 4.69) is 13.0 Å². The minimum atomic E-state index is -4.25. The number of hydrogen-bond donors (Lipinski definition) is 2. The van der Waals surface area contributed by atoms with Gasteiger partial charge in [-0.2, -0.15) is 13.2 Å². The molecule has 0 amide bonds. The van der Waals surface area contributed by atoms with Crippen molar-refractivity contribution in [3.63, 3.8) is 0 Å². The van der Waals surface area contributed by atoms with E-state index in [0.29, 0.717) is 24.3 Å². The second-order valence-corrected chi connectivity index (χ2v) is 6.14. The van der Waals surface area contributed by atoms with Gasteiger partial charge in [0.2, 0.25) is 0 Å². The van der Waals surface area contributed by atoms with Gasteiger partial charge in [0.05, 0.1) is 12.2 Å². The van der Waals surface area contributed by atoms with Crippen molar-refractivity contribution >= 4 is 5.84 Å². The fraction of sp³-hybridized carbons (Fsp3) is 0.350. The number of aryl methyl sites for hydroxylation is 1. The molecule has 1 heterocycles. The Hall–Kier alpha value is -2.50. The number of ether oxygens (including phenoxy) is 1. The summed E-state index contributed by atoms with van der Waals surface area (Å²) in [4.78, 5) is 0. The summed E-state index contributed by atoms with van der Waals surface area (Å²) >= 11 is 0. The standard InChI is InChI=1S/C11H16N2.C9H7F3O/c1-2-3-5-9-6-4-7-10(8-9)11(12)13;10-9(11,12)7-1-2-8-6(5-7)3-4-13-8/h4,6-8H,2-3,5H2,1H3,(H3,12,13);1-2,5H,3-4H2. The van der Waals surface area contributed by atoms with Crippen molar-refractivity contribution < 1.29 is 17.9 Å². The topological polar surface area (TPSA) is 59.1 Å². The van der Waals surface area contributed by atoms with Crippen LogP contribution >= 0.6 is 0 Å². The number of rotatable bonds is 4. The minimum absolute atomic E-state index is 0.151. The zero-order valence-electron chi connectivity index (χ0n) is 14.7. The number of halogens is 3. The van der Waals surface area contributed by atoms with Crippen molar-refractivity contribution in [2.45, 2.75) is 38.8 Å². The molecule has 0 spiro atoms. The van der Waals surface area contributed by atoms with Crippen molar-refractivity contribution in [1.82, 2.24) is 0 Å². The van der Waals surface area contributed by atoms with Crippen LogP contribution in [0.5, 0.6) is 5.75 Å². The minimum Gasteiger partial charge on any atom is -0.493 e. The Kier molecular flexibility index (Phi) is 6.66. The summed E-state index contributed by atoms with van der Waals surface area (Å²) in [6, 6.07) is 11.5. The number of nitrogen functional groups attached to an aromatic ring is 1. The first-order valence-electron chi connectivity index (χ1n) is 8.57.